The maximum Gasteiger partial charge on any atom is 0.145 e. The average Bonchev–Trinajstić information content (AvgIpc) is 2.76. The summed E-state index contributed by atoms with van der Waals surface area (Å²) in [6.45, 7) is 3.95. The van der Waals surface area contributed by atoms with Crippen LogP contribution in [0.25, 0.3) is 0 Å². The lowest BCUT2D eigenvalue weighted by molar-refractivity contribution is 0.754. The number of nitrogen functional groups attached to an aromatic ring is 1. The van der Waals surface area contributed by atoms with Crippen LogP contribution in [0.5, 0.6) is 0 Å². The highest BCUT2D eigenvalue weighted by atomic mass is 15.0. The molecule has 4 heteroatoms. The summed E-state index contributed by atoms with van der Waals surface area (Å²) in [5.41, 5.74) is 11.3. The zero-order valence-electron chi connectivity index (χ0n) is 11.3. The van der Waals surface area contributed by atoms with Crippen LogP contribution in [0.4, 0.5) is 11.5 Å². The smallest absolute Gasteiger partial charge is 0.145 e. The van der Waals surface area contributed by atoms with Crippen molar-refractivity contribution in [1.29, 1.82) is 0 Å². The van der Waals surface area contributed by atoms with Gasteiger partial charge in [-0.1, -0.05) is 6.07 Å². The summed E-state index contributed by atoms with van der Waals surface area (Å²) in [4.78, 5) is 8.87. The molecule has 0 radical (unpaired) electrons. The van der Waals surface area contributed by atoms with E-state index in [4.69, 9.17) is 5.73 Å². The zero-order chi connectivity index (χ0) is 13.4. The summed E-state index contributed by atoms with van der Waals surface area (Å²) in [6, 6.07) is 6.46. The van der Waals surface area contributed by atoms with Crippen LogP contribution < -0.4 is 11.1 Å². The molecule has 0 amide bonds. The molecule has 98 valence electrons. The first-order chi connectivity index (χ1) is 9.13. The minimum atomic E-state index is 0.312. The average molecular weight is 254 g/mol. The molecule has 2 aromatic rings. The van der Waals surface area contributed by atoms with Crippen molar-refractivity contribution < 1.29 is 0 Å². The summed E-state index contributed by atoms with van der Waals surface area (Å²) in [6.07, 6.45) is 3.95. The summed E-state index contributed by atoms with van der Waals surface area (Å²) in [5.74, 6) is 0.845. The van der Waals surface area contributed by atoms with E-state index in [1.807, 2.05) is 19.9 Å². The molecular formula is C15H18N4. The number of nitrogens with one attached hydrogen (secondary N) is 1. The van der Waals surface area contributed by atoms with E-state index in [0.29, 0.717) is 6.04 Å². The number of benzene rings is 1. The van der Waals surface area contributed by atoms with Gasteiger partial charge in [-0.15, -0.1) is 0 Å². The number of fused-ring (bicyclic) bond motifs is 1. The number of anilines is 2. The molecule has 1 aromatic carbocycles. The number of aromatic nitrogens is 2. The van der Waals surface area contributed by atoms with Crippen LogP contribution in [0.2, 0.25) is 0 Å². The van der Waals surface area contributed by atoms with E-state index < -0.39 is 0 Å². The van der Waals surface area contributed by atoms with Crippen LogP contribution in [0.3, 0.4) is 0 Å². The molecule has 3 N–H and O–H groups in total. The molecule has 0 spiro atoms. The van der Waals surface area contributed by atoms with E-state index in [9.17, 15) is 0 Å². The van der Waals surface area contributed by atoms with E-state index in [0.717, 1.165) is 35.7 Å². The molecule has 19 heavy (non-hydrogen) atoms. The number of nitrogens with zero attached hydrogens (tertiary/aromatic N) is 2. The summed E-state index contributed by atoms with van der Waals surface area (Å²) >= 11 is 0. The van der Waals surface area contributed by atoms with Gasteiger partial charge in [0.1, 0.15) is 5.82 Å². The topological polar surface area (TPSA) is 63.8 Å². The standard InChI is InChI=1S/C15H18N4/c1-9-10(2)18-15(8-17-9)19-14-6-3-11-7-12(16)4-5-13(11)14/h4-5,7-8,14H,3,6,16H2,1-2H3,(H,18,19). The highest BCUT2D eigenvalue weighted by Gasteiger charge is 2.22. The summed E-state index contributed by atoms with van der Waals surface area (Å²) in [5, 5.41) is 3.47. The molecule has 1 atom stereocenters. The Bertz CT molecular complexity index is 622. The van der Waals surface area contributed by atoms with Gasteiger partial charge < -0.3 is 11.1 Å². The molecule has 1 aromatic heterocycles. The van der Waals surface area contributed by atoms with Crippen LogP contribution in [-0.4, -0.2) is 9.97 Å². The fraction of sp³-hybridized carbons (Fsp3) is 0.333. The largest absolute Gasteiger partial charge is 0.399 e. The Morgan fingerprint density at radius 3 is 2.89 bits per heavy atom. The van der Waals surface area contributed by atoms with Crippen LogP contribution in [0, 0.1) is 13.8 Å². The Kier molecular flexibility index (Phi) is 2.85. The van der Waals surface area contributed by atoms with Crippen molar-refractivity contribution in [2.75, 3.05) is 11.1 Å². The Morgan fingerprint density at radius 2 is 2.11 bits per heavy atom. The van der Waals surface area contributed by atoms with E-state index >= 15 is 0 Å². The van der Waals surface area contributed by atoms with Crippen molar-refractivity contribution >= 4 is 11.5 Å². The van der Waals surface area contributed by atoms with E-state index in [1.165, 1.54) is 11.1 Å². The van der Waals surface area contributed by atoms with Crippen molar-refractivity contribution in [2.24, 2.45) is 0 Å². The number of rotatable bonds is 2. The van der Waals surface area contributed by atoms with E-state index in [1.54, 1.807) is 6.20 Å². The Morgan fingerprint density at radius 1 is 1.26 bits per heavy atom. The van der Waals surface area contributed by atoms with Crippen LogP contribution in [-0.2, 0) is 6.42 Å². The molecule has 0 bridgehead atoms. The highest BCUT2D eigenvalue weighted by molar-refractivity contribution is 5.50. The second-order valence-electron chi connectivity index (χ2n) is 5.12. The van der Waals surface area contributed by atoms with E-state index in [-0.39, 0.29) is 0 Å². The third-order valence-corrected chi connectivity index (χ3v) is 3.76. The molecule has 0 aliphatic heterocycles. The quantitative estimate of drug-likeness (QED) is 0.809. The first-order valence-corrected chi connectivity index (χ1v) is 6.58. The first kappa shape index (κ1) is 12.0. The predicted molar refractivity (Wildman–Crippen MR) is 77.0 cm³/mol. The molecule has 0 saturated carbocycles. The molecule has 0 fully saturated rings. The van der Waals surface area contributed by atoms with Gasteiger partial charge in [0.25, 0.3) is 0 Å². The maximum absolute atomic E-state index is 5.82. The minimum absolute atomic E-state index is 0.312. The van der Waals surface area contributed by atoms with Gasteiger partial charge in [0, 0.05) is 5.69 Å². The number of hydrogen-bond acceptors (Lipinski definition) is 4. The van der Waals surface area contributed by atoms with Crippen LogP contribution in [0.15, 0.2) is 24.4 Å². The molecule has 1 unspecified atom stereocenters. The minimum Gasteiger partial charge on any atom is -0.399 e. The molecule has 3 rings (SSSR count). The summed E-state index contributed by atoms with van der Waals surface area (Å²) in [7, 11) is 0. The molecule has 1 aliphatic carbocycles. The monoisotopic (exact) mass is 254 g/mol. The van der Waals surface area contributed by atoms with Crippen LogP contribution >= 0.6 is 0 Å². The molecule has 4 nitrogen and oxygen atoms in total. The zero-order valence-corrected chi connectivity index (χ0v) is 11.3. The Labute approximate surface area is 113 Å². The molecule has 1 heterocycles. The Hall–Kier alpha value is -2.10. The molecule has 1 aliphatic rings. The van der Waals surface area contributed by atoms with Crippen molar-refractivity contribution in [1.82, 2.24) is 9.97 Å². The third-order valence-electron chi connectivity index (χ3n) is 3.76. The van der Waals surface area contributed by atoms with Crippen molar-refractivity contribution in [3.8, 4) is 0 Å². The Balaban J connectivity index is 1.84. The number of nitrogens with two attached hydrogens (primary N) is 1. The third kappa shape index (κ3) is 2.26. The van der Waals surface area contributed by atoms with Gasteiger partial charge in [-0.25, -0.2) is 4.98 Å². The highest BCUT2D eigenvalue weighted by Crippen LogP contribution is 2.34. The van der Waals surface area contributed by atoms with Crippen molar-refractivity contribution in [3.05, 3.63) is 46.9 Å². The lowest BCUT2D eigenvalue weighted by Gasteiger charge is -2.15. The lowest BCUT2D eigenvalue weighted by atomic mass is 10.1. The second kappa shape index (κ2) is 4.53. The number of aryl methyl sites for hydroxylation is 3. The SMILES string of the molecule is Cc1ncc(NC2CCc3cc(N)ccc32)nc1C. The first-order valence-electron chi connectivity index (χ1n) is 6.58. The lowest BCUT2D eigenvalue weighted by Crippen LogP contribution is -2.09. The maximum atomic E-state index is 5.82. The van der Waals surface area contributed by atoms with Gasteiger partial charge in [-0.05, 0) is 49.9 Å². The van der Waals surface area contributed by atoms with Gasteiger partial charge in [0.05, 0.1) is 23.6 Å². The van der Waals surface area contributed by atoms with Gasteiger partial charge in [-0.2, -0.15) is 0 Å². The molecule has 0 saturated heterocycles. The van der Waals surface area contributed by atoms with Gasteiger partial charge in [0.2, 0.25) is 0 Å². The fourth-order valence-corrected chi connectivity index (χ4v) is 2.58. The second-order valence-corrected chi connectivity index (χ2v) is 5.12. The van der Waals surface area contributed by atoms with Gasteiger partial charge in [0.15, 0.2) is 0 Å². The van der Waals surface area contributed by atoms with Gasteiger partial charge in [-0.3, -0.25) is 4.98 Å². The van der Waals surface area contributed by atoms with Crippen LogP contribution in [0.1, 0.15) is 35.0 Å². The van der Waals surface area contributed by atoms with E-state index in [2.05, 4.69) is 27.4 Å². The van der Waals surface area contributed by atoms with Crippen molar-refractivity contribution in [2.45, 2.75) is 32.7 Å². The summed E-state index contributed by atoms with van der Waals surface area (Å²) < 4.78 is 0. The number of hydrogen-bond donors (Lipinski definition) is 2. The van der Waals surface area contributed by atoms with Crippen molar-refractivity contribution in [3.63, 3.8) is 0 Å². The fourth-order valence-electron chi connectivity index (χ4n) is 2.58. The molecular weight excluding hydrogens is 236 g/mol. The normalized spacial score (nSPS) is 17.3. The predicted octanol–water partition coefficient (Wildman–Crippen LogP) is 2.78. The van der Waals surface area contributed by atoms with Gasteiger partial charge >= 0.3 is 0 Å².